The number of benzene rings is 1. The zero-order chi connectivity index (χ0) is 21.8. The Labute approximate surface area is 176 Å². The minimum Gasteiger partial charge on any atom is -0.490 e. The lowest BCUT2D eigenvalue weighted by Crippen LogP contribution is -2.42. The lowest BCUT2D eigenvalue weighted by molar-refractivity contribution is 0.120. The van der Waals surface area contributed by atoms with Crippen molar-refractivity contribution < 1.29 is 36.0 Å². The molecule has 0 spiro atoms. The van der Waals surface area contributed by atoms with Crippen molar-refractivity contribution in [2.45, 2.75) is 24.9 Å². The Hall–Kier alpha value is -1.19. The fourth-order valence-corrected chi connectivity index (χ4v) is 6.19. The van der Waals surface area contributed by atoms with Crippen LogP contribution in [-0.2, 0) is 26.6 Å². The van der Waals surface area contributed by atoms with Gasteiger partial charge in [-0.15, -0.1) is 0 Å². The van der Waals surface area contributed by atoms with Crippen LogP contribution in [0.1, 0.15) is 12.8 Å². The summed E-state index contributed by atoms with van der Waals surface area (Å²) in [6.45, 7) is 0.926. The zero-order valence-corrected chi connectivity index (χ0v) is 20.3. The first-order chi connectivity index (χ1) is 13.9. The van der Waals surface area contributed by atoms with Crippen LogP contribution >= 0.6 is 0 Å². The topological polar surface area (TPSA) is 99.9 Å². The molecule has 0 aromatic heterocycles. The quantitative estimate of drug-likeness (QED) is 0.232. The van der Waals surface area contributed by atoms with E-state index in [4.69, 9.17) is 41.8 Å². The molecule has 1 rings (SSSR count). The Bertz CT molecular complexity index is 568. The molecule has 0 unspecified atom stereocenters. The predicted molar refractivity (Wildman–Crippen MR) is 114 cm³/mol. The second kappa shape index (κ2) is 13.2. The zero-order valence-electron chi connectivity index (χ0n) is 18.3. The average Bonchev–Trinajstić information content (AvgIpc) is 2.76. The number of nitrogens with two attached hydrogens (primary N) is 1. The van der Waals surface area contributed by atoms with Gasteiger partial charge in [-0.1, -0.05) is 0 Å². The molecule has 0 aliphatic heterocycles. The maximum Gasteiger partial charge on any atom is 0.500 e. The normalized spacial score (nSPS) is 12.2. The predicted octanol–water partition coefficient (Wildman–Crippen LogP) is 2.56. The number of hydrogen-bond donors (Lipinski definition) is 1. The maximum atomic E-state index is 5.90. The van der Waals surface area contributed by atoms with Gasteiger partial charge in [0.05, 0.1) is 13.2 Å². The Balaban J connectivity index is 2.57. The second-order valence-electron chi connectivity index (χ2n) is 6.20. The van der Waals surface area contributed by atoms with Crippen LogP contribution < -0.4 is 15.2 Å². The van der Waals surface area contributed by atoms with Crippen molar-refractivity contribution in [3.05, 3.63) is 18.2 Å². The number of nitrogen functional groups attached to an aromatic ring is 1. The molecule has 168 valence electrons. The van der Waals surface area contributed by atoms with Gasteiger partial charge in [0, 0.05) is 66.5 Å². The molecular formula is C18H35NO8Si2. The van der Waals surface area contributed by atoms with Gasteiger partial charge in [0.2, 0.25) is 0 Å². The van der Waals surface area contributed by atoms with E-state index >= 15 is 0 Å². The molecule has 29 heavy (non-hydrogen) atoms. The molecule has 0 radical (unpaired) electrons. The van der Waals surface area contributed by atoms with E-state index in [0.717, 1.165) is 6.42 Å². The summed E-state index contributed by atoms with van der Waals surface area (Å²) in [6.07, 6.45) is 1.43. The van der Waals surface area contributed by atoms with Crippen LogP contribution in [0.15, 0.2) is 18.2 Å². The van der Waals surface area contributed by atoms with Crippen molar-refractivity contribution in [1.82, 2.24) is 0 Å². The number of anilines is 1. The Morgan fingerprint density at radius 1 is 0.655 bits per heavy atom. The minimum absolute atomic E-state index is 0.456. The summed E-state index contributed by atoms with van der Waals surface area (Å²) < 4.78 is 44.3. The van der Waals surface area contributed by atoms with Gasteiger partial charge >= 0.3 is 17.6 Å². The largest absolute Gasteiger partial charge is 0.500 e. The van der Waals surface area contributed by atoms with E-state index in [1.807, 2.05) is 0 Å². The Morgan fingerprint density at radius 3 is 1.48 bits per heavy atom. The van der Waals surface area contributed by atoms with Crippen molar-refractivity contribution in [2.75, 3.05) is 61.6 Å². The summed E-state index contributed by atoms with van der Waals surface area (Å²) in [4.78, 5) is 0. The summed E-state index contributed by atoms with van der Waals surface area (Å²) in [6, 6.07) is 6.63. The van der Waals surface area contributed by atoms with Crippen LogP contribution in [0.5, 0.6) is 11.5 Å². The number of hydrogen-bond acceptors (Lipinski definition) is 9. The maximum absolute atomic E-state index is 5.90. The van der Waals surface area contributed by atoms with Gasteiger partial charge in [-0.25, -0.2) is 0 Å². The van der Waals surface area contributed by atoms with Crippen molar-refractivity contribution in [1.29, 1.82) is 0 Å². The lowest BCUT2D eigenvalue weighted by atomic mass is 10.3. The number of rotatable bonds is 16. The standard InChI is InChI=1S/C18H35NO8Si2/c1-20-28(21-2,22-3)13-7-11-26-17-10-9-16(19)15-18(17)27-12-8-14-29(23-4,24-5)25-6/h9-10,15H,7-8,11-14,19H2,1-6H3. The highest BCUT2D eigenvalue weighted by molar-refractivity contribution is 6.60. The van der Waals surface area contributed by atoms with Gasteiger partial charge in [-0.3, -0.25) is 0 Å². The van der Waals surface area contributed by atoms with Crippen molar-refractivity contribution >= 4 is 23.3 Å². The van der Waals surface area contributed by atoms with Gasteiger partial charge in [0.15, 0.2) is 11.5 Å². The van der Waals surface area contributed by atoms with E-state index in [1.165, 1.54) is 0 Å². The van der Waals surface area contributed by atoms with E-state index in [-0.39, 0.29) is 0 Å². The minimum atomic E-state index is -2.60. The van der Waals surface area contributed by atoms with Crippen molar-refractivity contribution in [3.8, 4) is 11.5 Å². The third-order valence-electron chi connectivity index (χ3n) is 4.60. The number of ether oxygens (including phenoxy) is 2. The van der Waals surface area contributed by atoms with Crippen LogP contribution in [-0.4, -0.2) is 73.5 Å². The van der Waals surface area contributed by atoms with Crippen LogP contribution in [0.2, 0.25) is 12.1 Å². The van der Waals surface area contributed by atoms with Crippen LogP contribution in [0.25, 0.3) is 0 Å². The fourth-order valence-electron chi connectivity index (χ4n) is 2.81. The van der Waals surface area contributed by atoms with E-state index in [9.17, 15) is 0 Å². The molecule has 0 aliphatic carbocycles. The molecule has 11 heteroatoms. The van der Waals surface area contributed by atoms with Gasteiger partial charge in [-0.05, 0) is 25.0 Å². The van der Waals surface area contributed by atoms with Crippen LogP contribution in [0, 0.1) is 0 Å². The van der Waals surface area contributed by atoms with Crippen LogP contribution in [0.3, 0.4) is 0 Å². The molecule has 1 aromatic carbocycles. The molecule has 0 saturated carbocycles. The highest BCUT2D eigenvalue weighted by Crippen LogP contribution is 2.30. The van der Waals surface area contributed by atoms with Crippen molar-refractivity contribution in [3.63, 3.8) is 0 Å². The van der Waals surface area contributed by atoms with E-state index in [2.05, 4.69) is 0 Å². The average molecular weight is 450 g/mol. The van der Waals surface area contributed by atoms with Gasteiger partial charge in [0.25, 0.3) is 0 Å². The molecule has 0 saturated heterocycles. The highest BCUT2D eigenvalue weighted by Gasteiger charge is 2.37. The summed E-state index contributed by atoms with van der Waals surface area (Å²) in [5.74, 6) is 1.23. The van der Waals surface area contributed by atoms with Crippen LogP contribution in [0.4, 0.5) is 5.69 Å². The van der Waals surface area contributed by atoms with E-state index < -0.39 is 17.6 Å². The smallest absolute Gasteiger partial charge is 0.490 e. The monoisotopic (exact) mass is 449 g/mol. The van der Waals surface area contributed by atoms with Gasteiger partial charge in [0.1, 0.15) is 0 Å². The van der Waals surface area contributed by atoms with Gasteiger partial charge in [-0.2, -0.15) is 0 Å². The third kappa shape index (κ3) is 7.87. The summed E-state index contributed by atoms with van der Waals surface area (Å²) in [5.41, 5.74) is 6.50. The first kappa shape index (κ1) is 25.8. The molecule has 1 aromatic rings. The Morgan fingerprint density at radius 2 is 1.07 bits per heavy atom. The molecule has 2 N–H and O–H groups in total. The molecule has 0 atom stereocenters. The fraction of sp³-hybridized carbons (Fsp3) is 0.667. The van der Waals surface area contributed by atoms with E-state index in [1.54, 1.807) is 60.9 Å². The SMILES string of the molecule is CO[Si](CCCOc1ccc(N)cc1OCCC[Si](OC)(OC)OC)(OC)OC. The molecular weight excluding hydrogens is 414 g/mol. The molecule has 0 fully saturated rings. The molecule has 0 bridgehead atoms. The van der Waals surface area contributed by atoms with Gasteiger partial charge < -0.3 is 41.8 Å². The molecule has 0 amide bonds. The summed E-state index contributed by atoms with van der Waals surface area (Å²) >= 11 is 0. The first-order valence-corrected chi connectivity index (χ1v) is 13.3. The molecule has 0 heterocycles. The molecule has 0 aliphatic rings. The van der Waals surface area contributed by atoms with Crippen molar-refractivity contribution in [2.24, 2.45) is 0 Å². The van der Waals surface area contributed by atoms with E-state index in [0.29, 0.717) is 48.9 Å². The Kier molecular flexibility index (Phi) is 11.8. The molecule has 9 nitrogen and oxygen atoms in total. The lowest BCUT2D eigenvalue weighted by Gasteiger charge is -2.24. The highest BCUT2D eigenvalue weighted by atomic mass is 28.4. The third-order valence-corrected chi connectivity index (χ3v) is 10.3. The second-order valence-corrected chi connectivity index (χ2v) is 12.4. The summed E-state index contributed by atoms with van der Waals surface area (Å²) in [5, 5.41) is 0. The summed E-state index contributed by atoms with van der Waals surface area (Å²) in [7, 11) is 4.38. The first-order valence-electron chi connectivity index (χ1n) is 9.39.